The van der Waals surface area contributed by atoms with Gasteiger partial charge in [0.2, 0.25) is 0 Å². The summed E-state index contributed by atoms with van der Waals surface area (Å²) in [6, 6.07) is 4.75. The number of nitrogens with two attached hydrogens (primary N) is 1. The summed E-state index contributed by atoms with van der Waals surface area (Å²) in [5.41, 5.74) is 6.27. The van der Waals surface area contributed by atoms with E-state index in [0.717, 1.165) is 0 Å². The number of benzene rings is 1. The van der Waals surface area contributed by atoms with Gasteiger partial charge in [0.25, 0.3) is 5.91 Å². The van der Waals surface area contributed by atoms with Crippen LogP contribution in [-0.4, -0.2) is 42.6 Å². The van der Waals surface area contributed by atoms with Gasteiger partial charge in [-0.15, -0.1) is 0 Å². The quantitative estimate of drug-likeness (QED) is 0.911. The van der Waals surface area contributed by atoms with E-state index in [4.69, 9.17) is 33.7 Å². The summed E-state index contributed by atoms with van der Waals surface area (Å²) < 4.78 is 5.53. The molecule has 19 heavy (non-hydrogen) atoms. The second-order valence-electron chi connectivity index (χ2n) is 4.64. The molecule has 0 aromatic heterocycles. The van der Waals surface area contributed by atoms with Crippen molar-refractivity contribution in [2.45, 2.75) is 19.1 Å². The van der Waals surface area contributed by atoms with E-state index < -0.39 is 0 Å². The first-order chi connectivity index (χ1) is 8.99. The van der Waals surface area contributed by atoms with Crippen LogP contribution in [0.1, 0.15) is 17.3 Å². The fraction of sp³-hybridized carbons (Fsp3) is 0.462. The molecule has 2 rings (SSSR count). The van der Waals surface area contributed by atoms with Crippen molar-refractivity contribution in [3.63, 3.8) is 0 Å². The molecular formula is C13H16Cl2N2O2. The number of morpholine rings is 1. The highest BCUT2D eigenvalue weighted by Crippen LogP contribution is 2.23. The predicted molar refractivity (Wildman–Crippen MR) is 75.8 cm³/mol. The van der Waals surface area contributed by atoms with E-state index in [0.29, 0.717) is 35.3 Å². The minimum Gasteiger partial charge on any atom is -0.373 e. The topological polar surface area (TPSA) is 55.6 Å². The Balaban J connectivity index is 2.15. The predicted octanol–water partition coefficient (Wildman–Crippen LogP) is 2.18. The lowest BCUT2D eigenvalue weighted by Gasteiger charge is -2.34. The van der Waals surface area contributed by atoms with Gasteiger partial charge in [0.1, 0.15) is 0 Å². The number of ether oxygens (including phenoxy) is 1. The Labute approximate surface area is 122 Å². The molecule has 0 radical (unpaired) electrons. The molecule has 0 aliphatic carbocycles. The first-order valence-electron chi connectivity index (χ1n) is 6.10. The molecule has 104 valence electrons. The molecule has 4 nitrogen and oxygen atoms in total. The molecule has 0 saturated carbocycles. The van der Waals surface area contributed by atoms with Crippen molar-refractivity contribution in [3.8, 4) is 0 Å². The van der Waals surface area contributed by atoms with Gasteiger partial charge in [-0.25, -0.2) is 0 Å². The molecule has 1 amide bonds. The molecule has 6 heteroatoms. The number of hydrogen-bond acceptors (Lipinski definition) is 3. The van der Waals surface area contributed by atoms with Crippen molar-refractivity contribution >= 4 is 29.1 Å². The van der Waals surface area contributed by atoms with Crippen LogP contribution in [0, 0.1) is 0 Å². The summed E-state index contributed by atoms with van der Waals surface area (Å²) in [6.45, 7) is 3.38. The van der Waals surface area contributed by atoms with Gasteiger partial charge in [0, 0.05) is 24.2 Å². The van der Waals surface area contributed by atoms with Crippen molar-refractivity contribution in [2.75, 3.05) is 19.7 Å². The number of hydrogen-bond donors (Lipinski definition) is 1. The third-order valence-electron chi connectivity index (χ3n) is 3.13. The molecule has 2 unspecified atom stereocenters. The molecule has 2 atom stereocenters. The van der Waals surface area contributed by atoms with Gasteiger partial charge in [-0.05, 0) is 25.1 Å². The summed E-state index contributed by atoms with van der Waals surface area (Å²) in [7, 11) is 0. The fourth-order valence-electron chi connectivity index (χ4n) is 2.01. The van der Waals surface area contributed by atoms with Crippen LogP contribution in [0.4, 0.5) is 0 Å². The van der Waals surface area contributed by atoms with Crippen LogP contribution in [-0.2, 0) is 4.74 Å². The maximum Gasteiger partial charge on any atom is 0.255 e. The minimum atomic E-state index is -0.135. The van der Waals surface area contributed by atoms with E-state index in [9.17, 15) is 4.79 Å². The van der Waals surface area contributed by atoms with E-state index >= 15 is 0 Å². The van der Waals surface area contributed by atoms with Gasteiger partial charge in [0.15, 0.2) is 0 Å². The number of amides is 1. The maximum absolute atomic E-state index is 12.4. The van der Waals surface area contributed by atoms with Crippen LogP contribution in [0.25, 0.3) is 0 Å². The smallest absolute Gasteiger partial charge is 0.255 e. The number of carbonyl (C=O) groups is 1. The summed E-state index contributed by atoms with van der Waals surface area (Å²) in [5, 5.41) is 0.873. The third-order valence-corrected chi connectivity index (χ3v) is 3.68. The largest absolute Gasteiger partial charge is 0.373 e. The lowest BCUT2D eigenvalue weighted by molar-refractivity contribution is -0.0300. The van der Waals surface area contributed by atoms with Crippen molar-refractivity contribution in [1.29, 1.82) is 0 Å². The Morgan fingerprint density at radius 3 is 2.89 bits per heavy atom. The SMILES string of the molecule is CC(N)C1CN(C(=O)c2ccc(Cl)cc2Cl)CCO1. The van der Waals surface area contributed by atoms with E-state index in [1.54, 1.807) is 23.1 Å². The number of halogens is 2. The van der Waals surface area contributed by atoms with E-state index in [1.165, 1.54) is 0 Å². The molecule has 0 bridgehead atoms. The normalized spacial score (nSPS) is 21.3. The van der Waals surface area contributed by atoms with Crippen LogP contribution in [0.15, 0.2) is 18.2 Å². The maximum atomic E-state index is 12.4. The molecule has 1 aliphatic rings. The van der Waals surface area contributed by atoms with Crippen LogP contribution in [0.5, 0.6) is 0 Å². The lowest BCUT2D eigenvalue weighted by Crippen LogP contribution is -2.51. The summed E-state index contributed by atoms with van der Waals surface area (Å²) in [6.07, 6.45) is -0.135. The standard InChI is InChI=1S/C13H16Cl2N2O2/c1-8(16)12-7-17(4-5-19-12)13(18)10-3-2-9(14)6-11(10)15/h2-3,6,8,12H,4-5,7,16H2,1H3. The Kier molecular flexibility index (Phi) is 4.68. The molecule has 1 aromatic rings. The van der Waals surface area contributed by atoms with Crippen molar-refractivity contribution in [2.24, 2.45) is 5.73 Å². The molecule has 2 N–H and O–H groups in total. The highest BCUT2D eigenvalue weighted by Gasteiger charge is 2.28. The first-order valence-corrected chi connectivity index (χ1v) is 6.86. The molecule has 0 spiro atoms. The third kappa shape index (κ3) is 3.39. The van der Waals surface area contributed by atoms with Gasteiger partial charge in [-0.3, -0.25) is 4.79 Å². The van der Waals surface area contributed by atoms with Crippen LogP contribution in [0.2, 0.25) is 10.0 Å². The Morgan fingerprint density at radius 1 is 1.53 bits per heavy atom. The number of carbonyl (C=O) groups excluding carboxylic acids is 1. The number of rotatable bonds is 2. The van der Waals surface area contributed by atoms with Gasteiger partial charge >= 0.3 is 0 Å². The zero-order valence-corrected chi connectivity index (χ0v) is 12.1. The average Bonchev–Trinajstić information content (AvgIpc) is 2.38. The highest BCUT2D eigenvalue weighted by molar-refractivity contribution is 6.36. The van der Waals surface area contributed by atoms with E-state index in [-0.39, 0.29) is 18.1 Å². The van der Waals surface area contributed by atoms with Gasteiger partial charge in [-0.1, -0.05) is 23.2 Å². The number of nitrogens with zero attached hydrogens (tertiary/aromatic N) is 1. The van der Waals surface area contributed by atoms with Crippen LogP contribution < -0.4 is 5.73 Å². The first kappa shape index (κ1) is 14.6. The molecule has 1 aliphatic heterocycles. The van der Waals surface area contributed by atoms with Gasteiger partial charge < -0.3 is 15.4 Å². The van der Waals surface area contributed by atoms with E-state index in [1.807, 2.05) is 6.92 Å². The molecular weight excluding hydrogens is 287 g/mol. The van der Waals surface area contributed by atoms with Crippen LogP contribution >= 0.6 is 23.2 Å². The monoisotopic (exact) mass is 302 g/mol. The molecule has 1 heterocycles. The zero-order chi connectivity index (χ0) is 14.0. The second-order valence-corrected chi connectivity index (χ2v) is 5.49. The Hall–Kier alpha value is -0.810. The van der Waals surface area contributed by atoms with Crippen molar-refractivity contribution in [1.82, 2.24) is 4.90 Å². The highest BCUT2D eigenvalue weighted by atomic mass is 35.5. The summed E-state index contributed by atoms with van der Waals surface area (Å²) in [4.78, 5) is 14.1. The molecule has 1 fully saturated rings. The van der Waals surface area contributed by atoms with Crippen molar-refractivity contribution in [3.05, 3.63) is 33.8 Å². The van der Waals surface area contributed by atoms with E-state index in [2.05, 4.69) is 0 Å². The van der Waals surface area contributed by atoms with Crippen LogP contribution in [0.3, 0.4) is 0 Å². The molecule has 1 saturated heterocycles. The Bertz CT molecular complexity index is 480. The summed E-state index contributed by atoms with van der Waals surface area (Å²) >= 11 is 11.9. The molecule has 1 aromatic carbocycles. The zero-order valence-electron chi connectivity index (χ0n) is 10.6. The van der Waals surface area contributed by atoms with Gasteiger partial charge in [-0.2, -0.15) is 0 Å². The summed E-state index contributed by atoms with van der Waals surface area (Å²) in [5.74, 6) is -0.115. The van der Waals surface area contributed by atoms with Crippen molar-refractivity contribution < 1.29 is 9.53 Å². The minimum absolute atomic E-state index is 0.115. The lowest BCUT2D eigenvalue weighted by atomic mass is 10.1. The van der Waals surface area contributed by atoms with Gasteiger partial charge in [0.05, 0.1) is 23.3 Å². The fourth-order valence-corrected chi connectivity index (χ4v) is 2.50. The second kappa shape index (κ2) is 6.09. The average molecular weight is 303 g/mol. The Morgan fingerprint density at radius 2 is 2.26 bits per heavy atom.